The van der Waals surface area contributed by atoms with Gasteiger partial charge in [-0.2, -0.15) is 5.10 Å². The zero-order valence-corrected chi connectivity index (χ0v) is 10.9. The smallest absolute Gasteiger partial charge is 0.138 e. The SMILES string of the molecule is CC(C)n1ncnc1CC(O)c1cc(F)ccc1N. The maximum absolute atomic E-state index is 13.2. The van der Waals surface area contributed by atoms with Crippen LogP contribution < -0.4 is 5.73 Å². The molecule has 1 aromatic heterocycles. The summed E-state index contributed by atoms with van der Waals surface area (Å²) in [6.45, 7) is 3.95. The number of aromatic nitrogens is 3. The third kappa shape index (κ3) is 2.90. The van der Waals surface area contributed by atoms with Crippen LogP contribution in [-0.4, -0.2) is 19.9 Å². The van der Waals surface area contributed by atoms with Crippen molar-refractivity contribution in [3.63, 3.8) is 0 Å². The maximum atomic E-state index is 13.2. The van der Waals surface area contributed by atoms with Gasteiger partial charge in [0.2, 0.25) is 0 Å². The number of aliphatic hydroxyl groups is 1. The molecular formula is C13H17FN4O. The summed E-state index contributed by atoms with van der Waals surface area (Å²) in [5, 5.41) is 14.3. The van der Waals surface area contributed by atoms with E-state index in [9.17, 15) is 9.50 Å². The van der Waals surface area contributed by atoms with E-state index in [-0.39, 0.29) is 12.5 Å². The Morgan fingerprint density at radius 2 is 2.16 bits per heavy atom. The minimum absolute atomic E-state index is 0.148. The molecule has 19 heavy (non-hydrogen) atoms. The first-order valence-corrected chi connectivity index (χ1v) is 6.10. The van der Waals surface area contributed by atoms with E-state index in [4.69, 9.17) is 5.73 Å². The second-order valence-corrected chi connectivity index (χ2v) is 4.71. The first kappa shape index (κ1) is 13.5. The molecule has 102 valence electrons. The van der Waals surface area contributed by atoms with E-state index in [0.717, 1.165) is 0 Å². The number of halogens is 1. The van der Waals surface area contributed by atoms with Crippen LogP contribution in [-0.2, 0) is 6.42 Å². The predicted molar refractivity (Wildman–Crippen MR) is 69.9 cm³/mol. The minimum Gasteiger partial charge on any atom is -0.398 e. The normalized spacial score (nSPS) is 12.9. The van der Waals surface area contributed by atoms with Gasteiger partial charge in [-0.15, -0.1) is 0 Å². The Hall–Kier alpha value is -1.95. The molecule has 0 aliphatic carbocycles. The number of aliphatic hydroxyl groups excluding tert-OH is 1. The van der Waals surface area contributed by atoms with Crippen LogP contribution in [0.25, 0.3) is 0 Å². The number of hydrogen-bond donors (Lipinski definition) is 2. The summed E-state index contributed by atoms with van der Waals surface area (Å²) < 4.78 is 14.9. The molecule has 1 atom stereocenters. The van der Waals surface area contributed by atoms with Gasteiger partial charge in [0.05, 0.1) is 6.10 Å². The van der Waals surface area contributed by atoms with Crippen LogP contribution in [0.1, 0.15) is 37.4 Å². The molecule has 0 fully saturated rings. The molecule has 0 radical (unpaired) electrons. The van der Waals surface area contributed by atoms with Crippen molar-refractivity contribution >= 4 is 5.69 Å². The van der Waals surface area contributed by atoms with E-state index in [0.29, 0.717) is 17.1 Å². The van der Waals surface area contributed by atoms with E-state index < -0.39 is 11.9 Å². The van der Waals surface area contributed by atoms with Crippen LogP contribution in [0.2, 0.25) is 0 Å². The van der Waals surface area contributed by atoms with Crippen molar-refractivity contribution < 1.29 is 9.50 Å². The van der Waals surface area contributed by atoms with Gasteiger partial charge in [-0.3, -0.25) is 0 Å². The molecular weight excluding hydrogens is 247 g/mol. The molecule has 6 heteroatoms. The molecule has 2 rings (SSSR count). The van der Waals surface area contributed by atoms with Crippen LogP contribution in [0, 0.1) is 5.82 Å². The van der Waals surface area contributed by atoms with Crippen molar-refractivity contribution in [3.05, 3.63) is 41.7 Å². The molecule has 5 nitrogen and oxygen atoms in total. The molecule has 0 spiro atoms. The van der Waals surface area contributed by atoms with Crippen LogP contribution in [0.3, 0.4) is 0 Å². The average molecular weight is 264 g/mol. The maximum Gasteiger partial charge on any atom is 0.138 e. The van der Waals surface area contributed by atoms with E-state index in [2.05, 4.69) is 10.1 Å². The fourth-order valence-corrected chi connectivity index (χ4v) is 1.97. The van der Waals surface area contributed by atoms with E-state index >= 15 is 0 Å². The van der Waals surface area contributed by atoms with Crippen molar-refractivity contribution in [2.45, 2.75) is 32.4 Å². The number of nitrogens with zero attached hydrogens (tertiary/aromatic N) is 3. The van der Waals surface area contributed by atoms with Gasteiger partial charge in [0.15, 0.2) is 0 Å². The summed E-state index contributed by atoms with van der Waals surface area (Å²) >= 11 is 0. The Labute approximate surface area is 110 Å². The summed E-state index contributed by atoms with van der Waals surface area (Å²) in [7, 11) is 0. The van der Waals surface area contributed by atoms with Crippen LogP contribution in [0.4, 0.5) is 10.1 Å². The van der Waals surface area contributed by atoms with Gasteiger partial charge in [-0.25, -0.2) is 14.1 Å². The fourth-order valence-electron chi connectivity index (χ4n) is 1.97. The van der Waals surface area contributed by atoms with Gasteiger partial charge >= 0.3 is 0 Å². The molecule has 0 aliphatic heterocycles. The van der Waals surface area contributed by atoms with Crippen molar-refractivity contribution in [2.75, 3.05) is 5.73 Å². The lowest BCUT2D eigenvalue weighted by Gasteiger charge is -2.15. The molecule has 2 aromatic rings. The molecule has 1 unspecified atom stereocenters. The highest BCUT2D eigenvalue weighted by atomic mass is 19.1. The lowest BCUT2D eigenvalue weighted by Crippen LogP contribution is -2.13. The van der Waals surface area contributed by atoms with Gasteiger partial charge < -0.3 is 10.8 Å². The van der Waals surface area contributed by atoms with Crippen molar-refractivity contribution in [1.29, 1.82) is 0 Å². The largest absolute Gasteiger partial charge is 0.398 e. The topological polar surface area (TPSA) is 77.0 Å². The van der Waals surface area contributed by atoms with Crippen molar-refractivity contribution in [2.24, 2.45) is 0 Å². The molecule has 0 aliphatic rings. The quantitative estimate of drug-likeness (QED) is 0.826. The molecule has 0 saturated carbocycles. The third-order valence-electron chi connectivity index (χ3n) is 2.92. The van der Waals surface area contributed by atoms with Gasteiger partial charge in [0.25, 0.3) is 0 Å². The first-order chi connectivity index (χ1) is 8.99. The fraction of sp³-hybridized carbons (Fsp3) is 0.385. The highest BCUT2D eigenvalue weighted by Crippen LogP contribution is 2.24. The number of rotatable bonds is 4. The molecule has 0 saturated heterocycles. The van der Waals surface area contributed by atoms with Gasteiger partial charge in [-0.05, 0) is 32.0 Å². The standard InChI is InChI=1S/C13H17FN4O/c1-8(2)18-13(16-7-17-18)6-12(19)10-5-9(14)3-4-11(10)15/h3-5,7-8,12,19H,6,15H2,1-2H3. The lowest BCUT2D eigenvalue weighted by atomic mass is 10.0. The van der Waals surface area contributed by atoms with E-state index in [1.807, 2.05) is 13.8 Å². The highest BCUT2D eigenvalue weighted by molar-refractivity contribution is 5.48. The highest BCUT2D eigenvalue weighted by Gasteiger charge is 2.17. The monoisotopic (exact) mass is 264 g/mol. The van der Waals surface area contributed by atoms with Gasteiger partial charge in [0, 0.05) is 23.7 Å². The Morgan fingerprint density at radius 3 is 2.84 bits per heavy atom. The van der Waals surface area contributed by atoms with Crippen LogP contribution >= 0.6 is 0 Å². The lowest BCUT2D eigenvalue weighted by molar-refractivity contribution is 0.173. The number of benzene rings is 1. The molecule has 3 N–H and O–H groups in total. The number of nitrogens with two attached hydrogens (primary N) is 1. The third-order valence-corrected chi connectivity index (χ3v) is 2.92. The number of nitrogen functional groups attached to an aromatic ring is 1. The number of anilines is 1. The second kappa shape index (κ2) is 5.36. The predicted octanol–water partition coefficient (Wildman–Crippen LogP) is 1.86. The number of hydrogen-bond acceptors (Lipinski definition) is 4. The summed E-state index contributed by atoms with van der Waals surface area (Å²) in [6.07, 6.45) is 0.778. The molecule has 1 heterocycles. The van der Waals surface area contributed by atoms with Gasteiger partial charge in [0.1, 0.15) is 18.0 Å². The van der Waals surface area contributed by atoms with Gasteiger partial charge in [-0.1, -0.05) is 0 Å². The summed E-state index contributed by atoms with van der Waals surface area (Å²) in [4.78, 5) is 4.11. The average Bonchev–Trinajstić information content (AvgIpc) is 2.80. The summed E-state index contributed by atoms with van der Waals surface area (Å²) in [6, 6.07) is 4.11. The van der Waals surface area contributed by atoms with Crippen molar-refractivity contribution in [1.82, 2.24) is 14.8 Å². The Balaban J connectivity index is 2.23. The Bertz CT molecular complexity index is 568. The first-order valence-electron chi connectivity index (χ1n) is 6.10. The second-order valence-electron chi connectivity index (χ2n) is 4.71. The van der Waals surface area contributed by atoms with Crippen LogP contribution in [0.15, 0.2) is 24.5 Å². The van der Waals surface area contributed by atoms with E-state index in [1.54, 1.807) is 4.68 Å². The zero-order valence-electron chi connectivity index (χ0n) is 10.9. The molecule has 0 bridgehead atoms. The molecule has 1 aromatic carbocycles. The minimum atomic E-state index is -0.905. The zero-order chi connectivity index (χ0) is 14.0. The van der Waals surface area contributed by atoms with Crippen molar-refractivity contribution in [3.8, 4) is 0 Å². The summed E-state index contributed by atoms with van der Waals surface area (Å²) in [5.41, 5.74) is 6.49. The van der Waals surface area contributed by atoms with Crippen LogP contribution in [0.5, 0.6) is 0 Å². The Morgan fingerprint density at radius 1 is 1.42 bits per heavy atom. The molecule has 0 amide bonds. The Kier molecular flexibility index (Phi) is 3.80. The summed E-state index contributed by atoms with van der Waals surface area (Å²) in [5.74, 6) is 0.222. The van der Waals surface area contributed by atoms with E-state index in [1.165, 1.54) is 24.5 Å².